The van der Waals surface area contributed by atoms with Gasteiger partial charge in [-0.1, -0.05) is 42.2 Å². The molecule has 2 aromatic heterocycles. The van der Waals surface area contributed by atoms with Gasteiger partial charge in [-0.3, -0.25) is 9.36 Å². The van der Waals surface area contributed by atoms with Crippen molar-refractivity contribution in [3.63, 3.8) is 0 Å². The molecule has 18 heavy (non-hydrogen) atoms. The molecule has 0 amide bonds. The van der Waals surface area contributed by atoms with E-state index in [9.17, 15) is 4.79 Å². The van der Waals surface area contributed by atoms with Crippen LogP contribution in [0.4, 0.5) is 0 Å². The Morgan fingerprint density at radius 3 is 2.78 bits per heavy atom. The van der Waals surface area contributed by atoms with Crippen LogP contribution in [-0.4, -0.2) is 19.7 Å². The number of aromatic nitrogens is 4. The van der Waals surface area contributed by atoms with Crippen LogP contribution >= 0.6 is 23.2 Å². The van der Waals surface area contributed by atoms with E-state index in [1.165, 1.54) is 10.9 Å². The first-order valence-electron chi connectivity index (χ1n) is 5.22. The minimum atomic E-state index is -0.444. The Morgan fingerprint density at radius 2 is 2.17 bits per heavy atom. The molecule has 0 atom stereocenters. The fraction of sp³-hybridized carbons (Fsp3) is 0.400. The van der Waals surface area contributed by atoms with Crippen molar-refractivity contribution in [2.75, 3.05) is 0 Å². The van der Waals surface area contributed by atoms with Crippen LogP contribution in [0.15, 0.2) is 15.6 Å². The van der Waals surface area contributed by atoms with Crippen molar-refractivity contribution in [1.82, 2.24) is 19.7 Å². The zero-order chi connectivity index (χ0) is 13.3. The quantitative estimate of drug-likeness (QED) is 0.809. The van der Waals surface area contributed by atoms with E-state index in [1.54, 1.807) is 0 Å². The molecule has 8 heteroatoms. The van der Waals surface area contributed by atoms with E-state index in [4.69, 9.17) is 27.7 Å². The first-order valence-corrected chi connectivity index (χ1v) is 5.97. The smallest absolute Gasteiger partial charge is 0.274 e. The third-order valence-corrected chi connectivity index (χ3v) is 2.97. The van der Waals surface area contributed by atoms with E-state index in [1.807, 2.05) is 13.8 Å². The van der Waals surface area contributed by atoms with Gasteiger partial charge >= 0.3 is 0 Å². The van der Waals surface area contributed by atoms with Crippen LogP contribution in [0.2, 0.25) is 10.2 Å². The highest BCUT2D eigenvalue weighted by Gasteiger charge is 2.13. The number of nitrogens with zero attached hydrogens (tertiary/aromatic N) is 4. The minimum Gasteiger partial charge on any atom is -0.337 e. The van der Waals surface area contributed by atoms with Crippen molar-refractivity contribution in [1.29, 1.82) is 0 Å². The van der Waals surface area contributed by atoms with Gasteiger partial charge in [0.25, 0.3) is 5.56 Å². The average molecular weight is 289 g/mol. The van der Waals surface area contributed by atoms with Crippen molar-refractivity contribution in [3.8, 4) is 0 Å². The maximum absolute atomic E-state index is 11.8. The van der Waals surface area contributed by atoms with E-state index >= 15 is 0 Å². The first-order chi connectivity index (χ1) is 8.49. The summed E-state index contributed by atoms with van der Waals surface area (Å²) in [6, 6.07) is 0. The Labute approximate surface area is 113 Å². The molecule has 0 aliphatic heterocycles. The number of hydrogen-bond acceptors (Lipinski definition) is 5. The van der Waals surface area contributed by atoms with Gasteiger partial charge in [-0.05, 0) is 0 Å². The van der Waals surface area contributed by atoms with Gasteiger partial charge in [0.15, 0.2) is 11.0 Å². The highest BCUT2D eigenvalue weighted by molar-refractivity contribution is 6.40. The zero-order valence-corrected chi connectivity index (χ0v) is 11.2. The summed E-state index contributed by atoms with van der Waals surface area (Å²) in [6.45, 7) is 4.01. The molecule has 0 unspecified atom stereocenters. The van der Waals surface area contributed by atoms with E-state index in [0.29, 0.717) is 11.7 Å². The normalized spacial score (nSPS) is 11.2. The van der Waals surface area contributed by atoms with Crippen molar-refractivity contribution in [2.45, 2.75) is 26.3 Å². The second-order valence-corrected chi connectivity index (χ2v) is 4.72. The molecule has 2 rings (SSSR count). The lowest BCUT2D eigenvalue weighted by atomic mass is 10.2. The van der Waals surface area contributed by atoms with E-state index in [2.05, 4.69) is 15.1 Å². The Kier molecular flexibility index (Phi) is 3.68. The summed E-state index contributed by atoms with van der Waals surface area (Å²) in [5.41, 5.74) is -0.444. The highest BCUT2D eigenvalue weighted by Crippen LogP contribution is 2.14. The largest absolute Gasteiger partial charge is 0.337 e. The molecule has 0 aromatic carbocycles. The Morgan fingerprint density at radius 1 is 1.44 bits per heavy atom. The fourth-order valence-corrected chi connectivity index (χ4v) is 1.55. The van der Waals surface area contributed by atoms with Gasteiger partial charge in [0.2, 0.25) is 5.89 Å². The van der Waals surface area contributed by atoms with Gasteiger partial charge in [0.1, 0.15) is 11.6 Å². The number of rotatable bonds is 3. The minimum absolute atomic E-state index is 0.0219. The predicted octanol–water partition coefficient (Wildman–Crippen LogP) is 2.10. The van der Waals surface area contributed by atoms with Crippen LogP contribution < -0.4 is 5.56 Å². The van der Waals surface area contributed by atoms with Crippen LogP contribution in [0.3, 0.4) is 0 Å². The van der Waals surface area contributed by atoms with Crippen LogP contribution in [0.5, 0.6) is 0 Å². The Hall–Kier alpha value is -1.40. The molecule has 0 aliphatic carbocycles. The van der Waals surface area contributed by atoms with Crippen molar-refractivity contribution in [3.05, 3.63) is 38.6 Å². The van der Waals surface area contributed by atoms with Gasteiger partial charge in [-0.2, -0.15) is 4.98 Å². The van der Waals surface area contributed by atoms with Crippen molar-refractivity contribution >= 4 is 23.2 Å². The lowest BCUT2D eigenvalue weighted by Gasteiger charge is -2.02. The average Bonchev–Trinajstić information content (AvgIpc) is 2.79. The third-order valence-electron chi connectivity index (χ3n) is 2.25. The number of hydrogen-bond donors (Lipinski definition) is 0. The Balaban J connectivity index is 2.29. The maximum atomic E-state index is 11.8. The van der Waals surface area contributed by atoms with E-state index in [0.717, 1.165) is 0 Å². The summed E-state index contributed by atoms with van der Waals surface area (Å²) in [7, 11) is 0. The summed E-state index contributed by atoms with van der Waals surface area (Å²) in [4.78, 5) is 19.7. The Bertz CT molecular complexity index is 621. The molecule has 0 aliphatic rings. The van der Waals surface area contributed by atoms with Gasteiger partial charge in [-0.25, -0.2) is 4.98 Å². The lowest BCUT2D eigenvalue weighted by molar-refractivity contribution is 0.362. The summed E-state index contributed by atoms with van der Waals surface area (Å²) in [5, 5.41) is 3.66. The molecule has 0 N–H and O–H groups in total. The predicted molar refractivity (Wildman–Crippen MR) is 66.0 cm³/mol. The first kappa shape index (κ1) is 13.0. The monoisotopic (exact) mass is 288 g/mol. The van der Waals surface area contributed by atoms with Gasteiger partial charge < -0.3 is 4.52 Å². The fourth-order valence-electron chi connectivity index (χ4n) is 1.27. The third kappa shape index (κ3) is 2.54. The molecule has 2 heterocycles. The highest BCUT2D eigenvalue weighted by atomic mass is 35.5. The lowest BCUT2D eigenvalue weighted by Crippen LogP contribution is -2.21. The van der Waals surface area contributed by atoms with Crippen LogP contribution in [0.1, 0.15) is 31.5 Å². The molecule has 0 fully saturated rings. The van der Waals surface area contributed by atoms with Gasteiger partial charge in [0, 0.05) is 5.92 Å². The van der Waals surface area contributed by atoms with Crippen molar-refractivity contribution in [2.24, 2.45) is 0 Å². The molecular weight excluding hydrogens is 279 g/mol. The summed E-state index contributed by atoms with van der Waals surface area (Å²) in [5.74, 6) is 1.07. The van der Waals surface area contributed by atoms with Crippen LogP contribution in [0, 0.1) is 0 Å². The second kappa shape index (κ2) is 5.07. The summed E-state index contributed by atoms with van der Waals surface area (Å²) < 4.78 is 6.29. The van der Waals surface area contributed by atoms with E-state index in [-0.39, 0.29) is 22.6 Å². The molecule has 2 aromatic rings. The van der Waals surface area contributed by atoms with Crippen molar-refractivity contribution < 1.29 is 4.52 Å². The molecule has 0 bridgehead atoms. The molecule has 6 nitrogen and oxygen atoms in total. The maximum Gasteiger partial charge on any atom is 0.274 e. The summed E-state index contributed by atoms with van der Waals surface area (Å²) in [6.07, 6.45) is 1.29. The molecule has 0 spiro atoms. The van der Waals surface area contributed by atoms with Gasteiger partial charge in [0.05, 0.1) is 6.33 Å². The standard InChI is InChI=1S/C10H10Cl2N4O2/c1-5(2)9-14-6(18-15-9)3-16-4-13-8(12)7(11)10(16)17/h4-5H,3H2,1-2H3. The van der Waals surface area contributed by atoms with Gasteiger partial charge in [-0.15, -0.1) is 0 Å². The molecular formula is C10H10Cl2N4O2. The SMILES string of the molecule is CC(C)c1noc(Cn2cnc(Cl)c(Cl)c2=O)n1. The van der Waals surface area contributed by atoms with Crippen LogP contribution in [-0.2, 0) is 6.54 Å². The zero-order valence-electron chi connectivity index (χ0n) is 9.72. The topological polar surface area (TPSA) is 73.8 Å². The molecule has 0 saturated heterocycles. The molecule has 0 radical (unpaired) electrons. The summed E-state index contributed by atoms with van der Waals surface area (Å²) >= 11 is 11.3. The molecule has 96 valence electrons. The molecule has 0 saturated carbocycles. The van der Waals surface area contributed by atoms with E-state index < -0.39 is 5.56 Å². The number of halogens is 2. The van der Waals surface area contributed by atoms with Crippen LogP contribution in [0.25, 0.3) is 0 Å². The second-order valence-electron chi connectivity index (χ2n) is 3.98.